The Morgan fingerprint density at radius 1 is 1.23 bits per heavy atom. The summed E-state index contributed by atoms with van der Waals surface area (Å²) >= 11 is 1.47. The largest absolute Gasteiger partial charge is 0.351 e. The lowest BCUT2D eigenvalue weighted by molar-refractivity contribution is 0.0955. The fourth-order valence-electron chi connectivity index (χ4n) is 3.23. The standard InChI is InChI=1S/C19H24N4O2S/c1-12-16(26-19(22-12)13-6-2-3-7-13)18(25)23-15-9-5-4-8-14(15)17(24)21-11-10-20/h4-5,8-9,13H,2-3,6-7,10-11,20H2,1H3,(H,21,24)(H,23,25). The van der Waals surface area contributed by atoms with Crippen molar-refractivity contribution in [3.63, 3.8) is 0 Å². The number of thiazole rings is 1. The maximum Gasteiger partial charge on any atom is 0.267 e. The van der Waals surface area contributed by atoms with E-state index in [1.54, 1.807) is 24.3 Å². The summed E-state index contributed by atoms with van der Waals surface area (Å²) in [6.07, 6.45) is 4.77. The zero-order valence-corrected chi connectivity index (χ0v) is 15.7. The van der Waals surface area contributed by atoms with E-state index in [1.807, 2.05) is 6.92 Å². The number of nitrogens with zero attached hydrogens (tertiary/aromatic N) is 1. The van der Waals surface area contributed by atoms with Gasteiger partial charge < -0.3 is 16.4 Å². The zero-order chi connectivity index (χ0) is 18.5. The topological polar surface area (TPSA) is 97.1 Å². The Kier molecular flexibility index (Phi) is 6.00. The number of amides is 2. The molecule has 1 heterocycles. The van der Waals surface area contributed by atoms with Gasteiger partial charge in [0.1, 0.15) is 4.88 Å². The molecule has 0 aliphatic heterocycles. The Morgan fingerprint density at radius 3 is 2.69 bits per heavy atom. The highest BCUT2D eigenvalue weighted by Crippen LogP contribution is 2.37. The number of aryl methyl sites for hydroxylation is 1. The summed E-state index contributed by atoms with van der Waals surface area (Å²) in [5.74, 6) is 0.0110. The molecular formula is C19H24N4O2S. The summed E-state index contributed by atoms with van der Waals surface area (Å²) in [6, 6.07) is 6.97. The van der Waals surface area contributed by atoms with Crippen molar-refractivity contribution in [2.45, 2.75) is 38.5 Å². The fourth-order valence-corrected chi connectivity index (χ4v) is 4.36. The van der Waals surface area contributed by atoms with Crippen LogP contribution in [0.3, 0.4) is 0 Å². The number of hydrogen-bond donors (Lipinski definition) is 3. The molecule has 0 atom stereocenters. The first-order valence-electron chi connectivity index (χ1n) is 8.96. The predicted octanol–water partition coefficient (Wildman–Crippen LogP) is 3.05. The van der Waals surface area contributed by atoms with E-state index in [2.05, 4.69) is 15.6 Å². The van der Waals surface area contributed by atoms with Crippen molar-refractivity contribution in [3.05, 3.63) is 45.4 Å². The van der Waals surface area contributed by atoms with Crippen molar-refractivity contribution in [1.29, 1.82) is 0 Å². The third-order valence-electron chi connectivity index (χ3n) is 4.57. The van der Waals surface area contributed by atoms with E-state index >= 15 is 0 Å². The second-order valence-electron chi connectivity index (χ2n) is 6.49. The average molecular weight is 372 g/mol. The van der Waals surface area contributed by atoms with Crippen molar-refractivity contribution in [2.75, 3.05) is 18.4 Å². The van der Waals surface area contributed by atoms with Crippen LogP contribution in [0.2, 0.25) is 0 Å². The van der Waals surface area contributed by atoms with Gasteiger partial charge in [-0.25, -0.2) is 4.98 Å². The molecule has 1 aliphatic rings. The Balaban J connectivity index is 1.77. The molecule has 0 radical (unpaired) electrons. The Hall–Kier alpha value is -2.25. The number of carbonyl (C=O) groups excluding carboxylic acids is 2. The Morgan fingerprint density at radius 2 is 1.96 bits per heavy atom. The number of nitrogens with two attached hydrogens (primary N) is 1. The van der Waals surface area contributed by atoms with Crippen LogP contribution in [-0.2, 0) is 0 Å². The van der Waals surface area contributed by atoms with Crippen molar-refractivity contribution in [1.82, 2.24) is 10.3 Å². The van der Waals surface area contributed by atoms with Crippen LogP contribution >= 0.6 is 11.3 Å². The lowest BCUT2D eigenvalue weighted by Gasteiger charge is -2.10. The third-order valence-corrected chi connectivity index (χ3v) is 5.89. The van der Waals surface area contributed by atoms with Crippen LogP contribution < -0.4 is 16.4 Å². The van der Waals surface area contributed by atoms with Crippen LogP contribution in [0.5, 0.6) is 0 Å². The second kappa shape index (κ2) is 8.42. The lowest BCUT2D eigenvalue weighted by Crippen LogP contribution is -2.29. The first-order valence-corrected chi connectivity index (χ1v) is 9.77. The molecule has 2 aromatic rings. The SMILES string of the molecule is Cc1nc(C2CCCC2)sc1C(=O)Nc1ccccc1C(=O)NCCN. The molecule has 2 amide bonds. The minimum absolute atomic E-state index is 0.219. The van der Waals surface area contributed by atoms with Gasteiger partial charge in [-0.1, -0.05) is 25.0 Å². The number of carbonyl (C=O) groups is 2. The molecule has 3 rings (SSSR count). The number of nitrogens with one attached hydrogen (secondary N) is 2. The van der Waals surface area contributed by atoms with Gasteiger partial charge in [-0.15, -0.1) is 11.3 Å². The number of aromatic nitrogens is 1. The summed E-state index contributed by atoms with van der Waals surface area (Å²) in [7, 11) is 0. The molecule has 1 aromatic carbocycles. The highest BCUT2D eigenvalue weighted by Gasteiger charge is 2.24. The molecule has 0 spiro atoms. The first kappa shape index (κ1) is 18.5. The molecule has 1 aliphatic carbocycles. The van der Waals surface area contributed by atoms with E-state index < -0.39 is 0 Å². The zero-order valence-electron chi connectivity index (χ0n) is 14.9. The number of hydrogen-bond acceptors (Lipinski definition) is 5. The summed E-state index contributed by atoms with van der Waals surface area (Å²) in [5, 5.41) is 6.65. The van der Waals surface area contributed by atoms with Gasteiger partial charge in [-0.3, -0.25) is 9.59 Å². The third kappa shape index (κ3) is 4.11. The predicted molar refractivity (Wildman–Crippen MR) is 104 cm³/mol. The normalized spacial score (nSPS) is 14.4. The van der Waals surface area contributed by atoms with Gasteiger partial charge in [0.05, 0.1) is 22.0 Å². The van der Waals surface area contributed by atoms with Crippen LogP contribution in [0.25, 0.3) is 0 Å². The Bertz CT molecular complexity index is 797. The quantitative estimate of drug-likeness (QED) is 0.726. The van der Waals surface area contributed by atoms with E-state index in [0.717, 1.165) is 23.5 Å². The number of anilines is 1. The minimum atomic E-state index is -0.251. The number of benzene rings is 1. The molecule has 26 heavy (non-hydrogen) atoms. The molecule has 138 valence electrons. The van der Waals surface area contributed by atoms with Gasteiger partial charge in [0.15, 0.2) is 0 Å². The maximum atomic E-state index is 12.8. The van der Waals surface area contributed by atoms with Gasteiger partial charge in [-0.05, 0) is 31.9 Å². The number of para-hydroxylation sites is 1. The highest BCUT2D eigenvalue weighted by atomic mass is 32.1. The van der Waals surface area contributed by atoms with Crippen molar-refractivity contribution in [3.8, 4) is 0 Å². The molecule has 0 saturated heterocycles. The Labute approximate surface area is 157 Å². The lowest BCUT2D eigenvalue weighted by atomic mass is 10.1. The molecule has 4 N–H and O–H groups in total. The molecule has 6 nitrogen and oxygen atoms in total. The van der Waals surface area contributed by atoms with E-state index in [-0.39, 0.29) is 11.8 Å². The molecular weight excluding hydrogens is 348 g/mol. The molecule has 0 bridgehead atoms. The van der Waals surface area contributed by atoms with Crippen molar-refractivity contribution >= 4 is 28.8 Å². The van der Waals surface area contributed by atoms with E-state index in [1.165, 1.54) is 24.2 Å². The summed E-state index contributed by atoms with van der Waals surface area (Å²) < 4.78 is 0. The minimum Gasteiger partial charge on any atom is -0.351 e. The second-order valence-corrected chi connectivity index (χ2v) is 7.52. The van der Waals surface area contributed by atoms with Crippen LogP contribution in [0.1, 0.15) is 62.3 Å². The van der Waals surface area contributed by atoms with Crippen LogP contribution in [-0.4, -0.2) is 29.9 Å². The highest BCUT2D eigenvalue weighted by molar-refractivity contribution is 7.14. The first-order chi connectivity index (χ1) is 12.6. The van der Waals surface area contributed by atoms with Gasteiger partial charge in [0.2, 0.25) is 0 Å². The monoisotopic (exact) mass is 372 g/mol. The molecule has 1 fully saturated rings. The average Bonchev–Trinajstić information content (AvgIpc) is 3.29. The van der Waals surface area contributed by atoms with E-state index in [0.29, 0.717) is 35.1 Å². The van der Waals surface area contributed by atoms with Gasteiger partial charge in [-0.2, -0.15) is 0 Å². The van der Waals surface area contributed by atoms with Crippen LogP contribution in [0, 0.1) is 6.92 Å². The van der Waals surface area contributed by atoms with Crippen molar-refractivity contribution < 1.29 is 9.59 Å². The van der Waals surface area contributed by atoms with E-state index in [4.69, 9.17) is 5.73 Å². The van der Waals surface area contributed by atoms with E-state index in [9.17, 15) is 9.59 Å². The summed E-state index contributed by atoms with van der Waals surface area (Å²) in [5.41, 5.74) is 7.09. The number of rotatable bonds is 6. The smallest absolute Gasteiger partial charge is 0.267 e. The molecule has 1 aromatic heterocycles. The van der Waals surface area contributed by atoms with Gasteiger partial charge in [0.25, 0.3) is 11.8 Å². The van der Waals surface area contributed by atoms with Gasteiger partial charge in [0, 0.05) is 19.0 Å². The van der Waals surface area contributed by atoms with Gasteiger partial charge >= 0.3 is 0 Å². The summed E-state index contributed by atoms with van der Waals surface area (Å²) in [6.45, 7) is 2.62. The van der Waals surface area contributed by atoms with Crippen LogP contribution in [0.4, 0.5) is 5.69 Å². The molecule has 7 heteroatoms. The van der Waals surface area contributed by atoms with Crippen molar-refractivity contribution in [2.24, 2.45) is 5.73 Å². The summed E-state index contributed by atoms with van der Waals surface area (Å²) in [4.78, 5) is 30.3. The maximum absolute atomic E-state index is 12.8. The molecule has 0 unspecified atom stereocenters. The molecule has 1 saturated carbocycles. The van der Waals surface area contributed by atoms with Crippen LogP contribution in [0.15, 0.2) is 24.3 Å². The fraction of sp³-hybridized carbons (Fsp3) is 0.421.